The summed E-state index contributed by atoms with van der Waals surface area (Å²) in [6.07, 6.45) is 4.38. The Balaban J connectivity index is 2.61. The van der Waals surface area contributed by atoms with Gasteiger partial charge in [0, 0.05) is 5.41 Å². The smallest absolute Gasteiger partial charge is 0.0534 e. The van der Waals surface area contributed by atoms with E-state index in [-0.39, 0.29) is 19.8 Å². The summed E-state index contributed by atoms with van der Waals surface area (Å²) >= 11 is 0. The number of hydrogen-bond acceptors (Lipinski definition) is 3. The summed E-state index contributed by atoms with van der Waals surface area (Å²) in [6, 6.07) is 0. The van der Waals surface area contributed by atoms with Crippen molar-refractivity contribution in [2.75, 3.05) is 19.8 Å². The van der Waals surface area contributed by atoms with E-state index >= 15 is 0 Å². The van der Waals surface area contributed by atoms with E-state index in [0.29, 0.717) is 5.92 Å². The first-order chi connectivity index (χ1) is 5.79. The summed E-state index contributed by atoms with van der Waals surface area (Å²) in [4.78, 5) is 0. The van der Waals surface area contributed by atoms with Gasteiger partial charge in [-0.1, -0.05) is 12.8 Å². The van der Waals surface area contributed by atoms with Crippen molar-refractivity contribution in [2.45, 2.75) is 25.7 Å². The fourth-order valence-electron chi connectivity index (χ4n) is 2.08. The van der Waals surface area contributed by atoms with Gasteiger partial charge in [-0.15, -0.1) is 0 Å². The minimum absolute atomic E-state index is 0.106. The van der Waals surface area contributed by atoms with Crippen molar-refractivity contribution in [2.24, 2.45) is 11.3 Å². The molecular weight excluding hydrogens is 156 g/mol. The van der Waals surface area contributed by atoms with Crippen LogP contribution in [0.25, 0.3) is 0 Å². The average Bonchev–Trinajstić information content (AvgIpc) is 2.62. The van der Waals surface area contributed by atoms with Crippen molar-refractivity contribution in [3.8, 4) is 0 Å². The molecule has 0 saturated heterocycles. The maximum absolute atomic E-state index is 9.12. The van der Waals surface area contributed by atoms with E-state index in [1.807, 2.05) is 0 Å². The molecule has 0 aromatic rings. The third-order valence-electron chi connectivity index (χ3n) is 3.17. The highest BCUT2D eigenvalue weighted by molar-refractivity contribution is 4.87. The molecule has 1 rings (SSSR count). The lowest BCUT2D eigenvalue weighted by Gasteiger charge is -2.33. The second-order valence-electron chi connectivity index (χ2n) is 3.82. The Labute approximate surface area is 73.0 Å². The van der Waals surface area contributed by atoms with Crippen LogP contribution >= 0.6 is 0 Å². The van der Waals surface area contributed by atoms with Gasteiger partial charge in [-0.3, -0.25) is 0 Å². The largest absolute Gasteiger partial charge is 0.396 e. The van der Waals surface area contributed by atoms with Crippen LogP contribution in [-0.2, 0) is 0 Å². The van der Waals surface area contributed by atoms with Crippen LogP contribution < -0.4 is 0 Å². The van der Waals surface area contributed by atoms with Crippen LogP contribution in [0.5, 0.6) is 0 Å². The van der Waals surface area contributed by atoms with E-state index in [1.54, 1.807) is 0 Å². The molecule has 1 saturated carbocycles. The fourth-order valence-corrected chi connectivity index (χ4v) is 2.08. The van der Waals surface area contributed by atoms with Crippen LogP contribution in [0.3, 0.4) is 0 Å². The molecule has 0 unspecified atom stereocenters. The molecule has 0 amide bonds. The van der Waals surface area contributed by atoms with Crippen molar-refractivity contribution >= 4 is 0 Å². The second kappa shape index (κ2) is 4.21. The van der Waals surface area contributed by atoms with Crippen LogP contribution in [-0.4, -0.2) is 35.1 Å². The van der Waals surface area contributed by atoms with E-state index < -0.39 is 5.41 Å². The van der Waals surface area contributed by atoms with E-state index in [1.165, 1.54) is 0 Å². The Morgan fingerprint density at radius 3 is 1.67 bits per heavy atom. The Morgan fingerprint density at radius 2 is 1.33 bits per heavy atom. The Morgan fingerprint density at radius 1 is 0.917 bits per heavy atom. The summed E-state index contributed by atoms with van der Waals surface area (Å²) in [6.45, 7) is -0.319. The van der Waals surface area contributed by atoms with Crippen LogP contribution in [0.1, 0.15) is 25.7 Å². The SMILES string of the molecule is OCC(CO)(CO)C1CCCC1. The molecule has 1 fully saturated rings. The van der Waals surface area contributed by atoms with Gasteiger partial charge in [0.1, 0.15) is 0 Å². The zero-order chi connectivity index (χ0) is 9.03. The molecular formula is C9H18O3. The molecule has 0 heterocycles. The molecule has 0 aromatic heterocycles. The molecule has 0 bridgehead atoms. The molecule has 0 aliphatic heterocycles. The lowest BCUT2D eigenvalue weighted by atomic mass is 9.76. The Hall–Kier alpha value is -0.120. The Bertz CT molecular complexity index is 117. The van der Waals surface area contributed by atoms with Crippen molar-refractivity contribution in [3.63, 3.8) is 0 Å². The van der Waals surface area contributed by atoms with Gasteiger partial charge in [0.05, 0.1) is 19.8 Å². The first-order valence-corrected chi connectivity index (χ1v) is 4.61. The maximum atomic E-state index is 9.12. The summed E-state index contributed by atoms with van der Waals surface area (Å²) in [7, 11) is 0. The number of hydrogen-bond donors (Lipinski definition) is 3. The highest BCUT2D eigenvalue weighted by atomic mass is 16.3. The van der Waals surface area contributed by atoms with Crippen molar-refractivity contribution < 1.29 is 15.3 Å². The third kappa shape index (κ3) is 1.63. The van der Waals surface area contributed by atoms with E-state index in [4.69, 9.17) is 15.3 Å². The first kappa shape index (κ1) is 9.96. The van der Waals surface area contributed by atoms with Gasteiger partial charge in [0.2, 0.25) is 0 Å². The molecule has 1 aliphatic carbocycles. The van der Waals surface area contributed by atoms with E-state index in [2.05, 4.69) is 0 Å². The predicted octanol–water partition coefficient (Wildman–Crippen LogP) is 0.140. The molecule has 72 valence electrons. The molecule has 12 heavy (non-hydrogen) atoms. The van der Waals surface area contributed by atoms with Gasteiger partial charge in [-0.2, -0.15) is 0 Å². The molecule has 0 radical (unpaired) electrons. The maximum Gasteiger partial charge on any atom is 0.0534 e. The van der Waals surface area contributed by atoms with Crippen LogP contribution in [0.15, 0.2) is 0 Å². The van der Waals surface area contributed by atoms with Gasteiger partial charge in [0.15, 0.2) is 0 Å². The fraction of sp³-hybridized carbons (Fsp3) is 1.00. The zero-order valence-corrected chi connectivity index (χ0v) is 7.37. The summed E-state index contributed by atoms with van der Waals surface area (Å²) in [5.41, 5.74) is -0.628. The Kier molecular flexibility index (Phi) is 3.50. The highest BCUT2D eigenvalue weighted by Crippen LogP contribution is 2.39. The monoisotopic (exact) mass is 174 g/mol. The molecule has 3 N–H and O–H groups in total. The third-order valence-corrected chi connectivity index (χ3v) is 3.17. The minimum Gasteiger partial charge on any atom is -0.396 e. The summed E-state index contributed by atoms with van der Waals surface area (Å²) in [5, 5.41) is 27.4. The molecule has 0 spiro atoms. The minimum atomic E-state index is -0.628. The molecule has 3 nitrogen and oxygen atoms in total. The van der Waals surface area contributed by atoms with Crippen LogP contribution in [0.4, 0.5) is 0 Å². The lowest BCUT2D eigenvalue weighted by Crippen LogP contribution is -2.40. The van der Waals surface area contributed by atoms with Gasteiger partial charge in [-0.25, -0.2) is 0 Å². The standard InChI is InChI=1S/C9H18O3/c10-5-9(6-11,7-12)8-3-1-2-4-8/h8,10-12H,1-7H2. The number of aliphatic hydroxyl groups excluding tert-OH is 3. The van der Waals surface area contributed by atoms with Crippen molar-refractivity contribution in [1.82, 2.24) is 0 Å². The predicted molar refractivity (Wildman–Crippen MR) is 45.6 cm³/mol. The van der Waals surface area contributed by atoms with Crippen molar-refractivity contribution in [1.29, 1.82) is 0 Å². The van der Waals surface area contributed by atoms with Gasteiger partial charge in [0.25, 0.3) is 0 Å². The van der Waals surface area contributed by atoms with E-state index in [9.17, 15) is 0 Å². The normalized spacial score (nSPS) is 20.2. The quantitative estimate of drug-likeness (QED) is 0.568. The van der Waals surface area contributed by atoms with E-state index in [0.717, 1.165) is 25.7 Å². The summed E-state index contributed by atoms with van der Waals surface area (Å²) < 4.78 is 0. The number of aliphatic hydroxyl groups is 3. The van der Waals surface area contributed by atoms with Crippen LogP contribution in [0.2, 0.25) is 0 Å². The molecule has 3 heteroatoms. The molecule has 1 aliphatic rings. The average molecular weight is 174 g/mol. The molecule has 0 aromatic carbocycles. The lowest BCUT2D eigenvalue weighted by molar-refractivity contribution is -0.0366. The molecule has 0 atom stereocenters. The van der Waals surface area contributed by atoms with Gasteiger partial charge in [-0.05, 0) is 18.8 Å². The van der Waals surface area contributed by atoms with Crippen LogP contribution in [0, 0.1) is 11.3 Å². The van der Waals surface area contributed by atoms with Crippen molar-refractivity contribution in [3.05, 3.63) is 0 Å². The van der Waals surface area contributed by atoms with Gasteiger partial charge < -0.3 is 15.3 Å². The summed E-state index contributed by atoms with van der Waals surface area (Å²) in [5.74, 6) is 0.303. The number of rotatable bonds is 4. The topological polar surface area (TPSA) is 60.7 Å². The highest BCUT2D eigenvalue weighted by Gasteiger charge is 2.38. The zero-order valence-electron chi connectivity index (χ0n) is 7.37. The van der Waals surface area contributed by atoms with Gasteiger partial charge >= 0.3 is 0 Å². The second-order valence-corrected chi connectivity index (χ2v) is 3.82. The first-order valence-electron chi connectivity index (χ1n) is 4.61.